The van der Waals surface area contributed by atoms with Crippen LogP contribution in [0.5, 0.6) is 0 Å². The molecule has 1 aromatic rings. The summed E-state index contributed by atoms with van der Waals surface area (Å²) < 4.78 is 28.9. The Morgan fingerprint density at radius 3 is 2.75 bits per heavy atom. The summed E-state index contributed by atoms with van der Waals surface area (Å²) in [5.41, 5.74) is 0.544. The molecule has 2 heterocycles. The SMILES string of the molecule is CCc1nc(C2(NCCOC)CCS(=O)(=O)C2)sc1C. The van der Waals surface area contributed by atoms with Gasteiger partial charge in [-0.05, 0) is 19.8 Å². The fourth-order valence-corrected chi connectivity index (χ4v) is 5.81. The molecule has 1 saturated heterocycles. The summed E-state index contributed by atoms with van der Waals surface area (Å²) in [6.45, 7) is 5.31. The number of methoxy groups -OCH3 is 1. The van der Waals surface area contributed by atoms with E-state index in [1.165, 1.54) is 4.88 Å². The predicted octanol–water partition coefficient (Wildman–Crippen LogP) is 1.26. The first kappa shape index (κ1) is 15.9. The van der Waals surface area contributed by atoms with Crippen LogP contribution in [0.4, 0.5) is 0 Å². The average molecular weight is 318 g/mol. The van der Waals surface area contributed by atoms with Crippen molar-refractivity contribution in [2.24, 2.45) is 0 Å². The van der Waals surface area contributed by atoms with E-state index in [-0.39, 0.29) is 11.5 Å². The van der Waals surface area contributed by atoms with Crippen LogP contribution < -0.4 is 5.32 Å². The number of hydrogen-bond donors (Lipinski definition) is 1. The maximum absolute atomic E-state index is 11.9. The van der Waals surface area contributed by atoms with Gasteiger partial charge in [-0.1, -0.05) is 6.92 Å². The van der Waals surface area contributed by atoms with Crippen molar-refractivity contribution >= 4 is 21.2 Å². The van der Waals surface area contributed by atoms with Gasteiger partial charge in [-0.25, -0.2) is 13.4 Å². The zero-order chi connectivity index (χ0) is 14.8. The minimum Gasteiger partial charge on any atom is -0.383 e. The van der Waals surface area contributed by atoms with Crippen LogP contribution in [0, 0.1) is 6.92 Å². The Balaban J connectivity index is 2.31. The Morgan fingerprint density at radius 1 is 1.50 bits per heavy atom. The fourth-order valence-electron chi connectivity index (χ4n) is 2.59. The number of rotatable bonds is 6. The Labute approximate surface area is 124 Å². The van der Waals surface area contributed by atoms with Crippen molar-refractivity contribution in [2.45, 2.75) is 32.2 Å². The number of aryl methyl sites for hydroxylation is 2. The Kier molecular flexibility index (Phi) is 4.84. The average Bonchev–Trinajstić information content (AvgIpc) is 2.91. The number of ether oxygens (including phenoxy) is 1. The Hall–Kier alpha value is -0.500. The first-order valence-corrected chi connectivity index (χ1v) is 9.47. The van der Waals surface area contributed by atoms with Crippen molar-refractivity contribution in [1.82, 2.24) is 10.3 Å². The highest BCUT2D eigenvalue weighted by molar-refractivity contribution is 7.91. The number of thiazole rings is 1. The molecule has 1 N–H and O–H groups in total. The predicted molar refractivity (Wildman–Crippen MR) is 81.1 cm³/mol. The molecule has 0 aromatic carbocycles. The second-order valence-electron chi connectivity index (χ2n) is 5.22. The monoisotopic (exact) mass is 318 g/mol. The van der Waals surface area contributed by atoms with Gasteiger partial charge in [0.2, 0.25) is 0 Å². The summed E-state index contributed by atoms with van der Waals surface area (Å²) in [5, 5.41) is 4.28. The molecule has 0 saturated carbocycles. The fraction of sp³-hybridized carbons (Fsp3) is 0.769. The van der Waals surface area contributed by atoms with Gasteiger partial charge < -0.3 is 10.1 Å². The van der Waals surface area contributed by atoms with Gasteiger partial charge in [0.15, 0.2) is 9.84 Å². The molecule has 1 unspecified atom stereocenters. The first-order valence-electron chi connectivity index (χ1n) is 6.83. The van der Waals surface area contributed by atoms with E-state index >= 15 is 0 Å². The van der Waals surface area contributed by atoms with Gasteiger partial charge in [-0.3, -0.25) is 0 Å². The summed E-state index contributed by atoms with van der Waals surface area (Å²) in [6, 6.07) is 0. The molecule has 20 heavy (non-hydrogen) atoms. The summed E-state index contributed by atoms with van der Waals surface area (Å²) in [4.78, 5) is 5.86. The van der Waals surface area contributed by atoms with Crippen LogP contribution in [0.3, 0.4) is 0 Å². The molecule has 0 radical (unpaired) electrons. The van der Waals surface area contributed by atoms with Crippen LogP contribution in [0.2, 0.25) is 0 Å². The summed E-state index contributed by atoms with van der Waals surface area (Å²) in [6.07, 6.45) is 1.47. The molecule has 0 aliphatic carbocycles. The zero-order valence-corrected chi connectivity index (χ0v) is 13.9. The highest BCUT2D eigenvalue weighted by Crippen LogP contribution is 2.37. The van der Waals surface area contributed by atoms with Gasteiger partial charge in [-0.2, -0.15) is 0 Å². The van der Waals surface area contributed by atoms with Gasteiger partial charge in [0, 0.05) is 18.5 Å². The summed E-state index contributed by atoms with van der Waals surface area (Å²) in [5.74, 6) is 0.368. The van der Waals surface area contributed by atoms with Crippen molar-refractivity contribution in [3.05, 3.63) is 15.6 Å². The minimum absolute atomic E-state index is 0.139. The maximum Gasteiger partial charge on any atom is 0.152 e. The number of nitrogens with one attached hydrogen (secondary N) is 1. The zero-order valence-electron chi connectivity index (χ0n) is 12.2. The second-order valence-corrected chi connectivity index (χ2v) is 8.61. The number of nitrogens with zero attached hydrogens (tertiary/aromatic N) is 1. The molecular weight excluding hydrogens is 296 g/mol. The van der Waals surface area contributed by atoms with Gasteiger partial charge in [0.25, 0.3) is 0 Å². The molecule has 7 heteroatoms. The number of hydrogen-bond acceptors (Lipinski definition) is 6. The molecule has 0 amide bonds. The molecule has 2 rings (SSSR count). The topological polar surface area (TPSA) is 68.3 Å². The minimum atomic E-state index is -2.99. The van der Waals surface area contributed by atoms with E-state index in [4.69, 9.17) is 4.74 Å². The highest BCUT2D eigenvalue weighted by atomic mass is 32.2. The largest absolute Gasteiger partial charge is 0.383 e. The lowest BCUT2D eigenvalue weighted by atomic mass is 10.00. The van der Waals surface area contributed by atoms with E-state index in [9.17, 15) is 8.42 Å². The molecule has 1 aliphatic rings. The number of aromatic nitrogens is 1. The number of sulfone groups is 1. The molecule has 1 atom stereocenters. The lowest BCUT2D eigenvalue weighted by Crippen LogP contribution is -2.45. The van der Waals surface area contributed by atoms with E-state index in [1.807, 2.05) is 6.92 Å². The third kappa shape index (κ3) is 3.21. The Morgan fingerprint density at radius 2 is 2.25 bits per heavy atom. The molecular formula is C13H22N2O3S2. The van der Waals surface area contributed by atoms with Crippen molar-refractivity contribution in [2.75, 3.05) is 31.8 Å². The van der Waals surface area contributed by atoms with Gasteiger partial charge in [-0.15, -0.1) is 11.3 Å². The van der Waals surface area contributed by atoms with Crippen LogP contribution in [0.1, 0.15) is 28.9 Å². The van der Waals surface area contributed by atoms with Crippen LogP contribution in [-0.4, -0.2) is 45.2 Å². The molecule has 5 nitrogen and oxygen atoms in total. The van der Waals surface area contributed by atoms with E-state index in [1.54, 1.807) is 18.4 Å². The quantitative estimate of drug-likeness (QED) is 0.800. The second kappa shape index (κ2) is 6.09. The lowest BCUT2D eigenvalue weighted by molar-refractivity contribution is 0.187. The van der Waals surface area contributed by atoms with Gasteiger partial charge in [0.1, 0.15) is 5.01 Å². The normalized spacial score (nSPS) is 25.1. The van der Waals surface area contributed by atoms with E-state index in [0.29, 0.717) is 19.6 Å². The smallest absolute Gasteiger partial charge is 0.152 e. The van der Waals surface area contributed by atoms with Crippen molar-refractivity contribution in [3.63, 3.8) is 0 Å². The Bertz CT molecular complexity index is 568. The third-order valence-corrected chi connectivity index (χ3v) is 6.69. The third-order valence-electron chi connectivity index (χ3n) is 3.71. The summed E-state index contributed by atoms with van der Waals surface area (Å²) >= 11 is 1.61. The highest BCUT2D eigenvalue weighted by Gasteiger charge is 2.45. The summed E-state index contributed by atoms with van der Waals surface area (Å²) in [7, 11) is -1.34. The standard InChI is InChI=1S/C13H22N2O3S2/c1-4-11-10(2)19-12(15-11)13(14-6-7-18-3)5-8-20(16,17)9-13/h14H,4-9H2,1-3H3. The van der Waals surface area contributed by atoms with Crippen LogP contribution in [0.15, 0.2) is 0 Å². The molecule has 114 valence electrons. The van der Waals surface area contributed by atoms with Crippen LogP contribution in [-0.2, 0) is 26.5 Å². The molecule has 1 fully saturated rings. The van der Waals surface area contributed by atoms with Crippen LogP contribution >= 0.6 is 11.3 Å². The molecule has 1 aromatic heterocycles. The van der Waals surface area contributed by atoms with Crippen molar-refractivity contribution in [3.8, 4) is 0 Å². The van der Waals surface area contributed by atoms with Gasteiger partial charge in [0.05, 0.1) is 29.3 Å². The molecule has 0 spiro atoms. The molecule has 1 aliphatic heterocycles. The molecule has 0 bridgehead atoms. The van der Waals surface area contributed by atoms with E-state index in [2.05, 4.69) is 17.2 Å². The van der Waals surface area contributed by atoms with Crippen LogP contribution in [0.25, 0.3) is 0 Å². The van der Waals surface area contributed by atoms with E-state index < -0.39 is 15.4 Å². The van der Waals surface area contributed by atoms with Crippen molar-refractivity contribution in [1.29, 1.82) is 0 Å². The van der Waals surface area contributed by atoms with Gasteiger partial charge >= 0.3 is 0 Å². The maximum atomic E-state index is 11.9. The van der Waals surface area contributed by atoms with Crippen molar-refractivity contribution < 1.29 is 13.2 Å². The lowest BCUT2D eigenvalue weighted by Gasteiger charge is -2.26. The first-order chi connectivity index (χ1) is 9.42. The van der Waals surface area contributed by atoms with E-state index in [0.717, 1.165) is 17.1 Å².